The minimum Gasteiger partial charge on any atom is -0.463 e. The number of thiophene rings is 1. The fourth-order valence-electron chi connectivity index (χ4n) is 1.50. The third kappa shape index (κ3) is 2.50. The van der Waals surface area contributed by atoms with Gasteiger partial charge in [0, 0.05) is 18.3 Å². The molecule has 0 aliphatic carbocycles. The molecule has 0 bridgehead atoms. The highest BCUT2D eigenvalue weighted by molar-refractivity contribution is 7.16. The predicted molar refractivity (Wildman–Crippen MR) is 72.4 cm³/mol. The number of hydrogen-bond donors (Lipinski definition) is 0. The van der Waals surface area contributed by atoms with Gasteiger partial charge in [-0.1, -0.05) is 16.5 Å². The normalized spacial score (nSPS) is 11.2. The zero-order chi connectivity index (χ0) is 13.9. The molecule has 0 amide bonds. The van der Waals surface area contributed by atoms with E-state index in [0.717, 1.165) is 11.3 Å². The highest BCUT2D eigenvalue weighted by atomic mass is 32.1. The van der Waals surface area contributed by atoms with E-state index in [1.54, 1.807) is 24.3 Å². The summed E-state index contributed by atoms with van der Waals surface area (Å²) in [4.78, 5) is 14.8. The Balaban J connectivity index is 1.77. The standard InChI is InChI=1S/C12H7N3O4S/c16-15(17)12-4-3-8(20-12)7-13-11-6-9(14-19-11)10-2-1-5-18-10/h1-7H/b13-7+. The van der Waals surface area contributed by atoms with Crippen molar-refractivity contribution >= 4 is 28.4 Å². The zero-order valence-electron chi connectivity index (χ0n) is 9.92. The Morgan fingerprint density at radius 3 is 3.00 bits per heavy atom. The largest absolute Gasteiger partial charge is 0.463 e. The third-order valence-corrected chi connectivity index (χ3v) is 3.35. The number of nitro groups is 1. The second-order valence-corrected chi connectivity index (χ2v) is 4.81. The summed E-state index contributed by atoms with van der Waals surface area (Å²) in [5.74, 6) is 0.884. The maximum absolute atomic E-state index is 10.6. The molecule has 3 aromatic heterocycles. The molecule has 0 saturated carbocycles. The second kappa shape index (κ2) is 5.10. The van der Waals surface area contributed by atoms with Gasteiger partial charge in [0.2, 0.25) is 0 Å². The molecule has 20 heavy (non-hydrogen) atoms. The summed E-state index contributed by atoms with van der Waals surface area (Å²) >= 11 is 1.04. The van der Waals surface area contributed by atoms with Crippen LogP contribution >= 0.6 is 11.3 Å². The van der Waals surface area contributed by atoms with Crippen molar-refractivity contribution in [1.82, 2.24) is 5.16 Å². The number of nitrogens with zero attached hydrogens (tertiary/aromatic N) is 3. The van der Waals surface area contributed by atoms with Gasteiger partial charge in [-0.2, -0.15) is 0 Å². The van der Waals surface area contributed by atoms with Crippen LogP contribution in [0.15, 0.2) is 50.5 Å². The first-order valence-electron chi connectivity index (χ1n) is 5.51. The Kier molecular flexibility index (Phi) is 3.13. The third-order valence-electron chi connectivity index (χ3n) is 2.38. The van der Waals surface area contributed by atoms with Gasteiger partial charge in [-0.15, -0.1) is 0 Å². The lowest BCUT2D eigenvalue weighted by Crippen LogP contribution is -1.80. The van der Waals surface area contributed by atoms with Crippen molar-refractivity contribution < 1.29 is 13.9 Å². The Labute approximate surface area is 116 Å². The summed E-state index contributed by atoms with van der Waals surface area (Å²) in [5, 5.41) is 14.4. The maximum atomic E-state index is 10.6. The highest BCUT2D eigenvalue weighted by Crippen LogP contribution is 2.25. The van der Waals surface area contributed by atoms with E-state index < -0.39 is 4.92 Å². The second-order valence-electron chi connectivity index (χ2n) is 3.72. The van der Waals surface area contributed by atoms with Crippen LogP contribution in [0.25, 0.3) is 11.5 Å². The van der Waals surface area contributed by atoms with E-state index >= 15 is 0 Å². The molecule has 0 atom stereocenters. The monoisotopic (exact) mass is 289 g/mol. The first-order chi connectivity index (χ1) is 9.72. The highest BCUT2D eigenvalue weighted by Gasteiger charge is 2.09. The smallest absolute Gasteiger partial charge is 0.324 e. The summed E-state index contributed by atoms with van der Waals surface area (Å²) in [6, 6.07) is 8.18. The first kappa shape index (κ1) is 12.3. The van der Waals surface area contributed by atoms with Crippen LogP contribution in [0, 0.1) is 10.1 Å². The van der Waals surface area contributed by atoms with Crippen LogP contribution in [-0.4, -0.2) is 16.3 Å². The van der Waals surface area contributed by atoms with E-state index in [9.17, 15) is 10.1 Å². The number of furan rings is 1. The minimum atomic E-state index is -0.439. The van der Waals surface area contributed by atoms with Gasteiger partial charge < -0.3 is 8.94 Å². The van der Waals surface area contributed by atoms with Gasteiger partial charge in [-0.3, -0.25) is 10.1 Å². The van der Waals surface area contributed by atoms with Crippen molar-refractivity contribution in [3.8, 4) is 11.5 Å². The molecule has 100 valence electrons. The molecule has 3 heterocycles. The fourth-order valence-corrected chi connectivity index (χ4v) is 2.20. The Hall–Kier alpha value is -2.74. The molecule has 0 aromatic carbocycles. The van der Waals surface area contributed by atoms with Gasteiger partial charge in [0.05, 0.1) is 16.1 Å². The molecular weight excluding hydrogens is 282 g/mol. The molecule has 3 aromatic rings. The Morgan fingerprint density at radius 1 is 1.40 bits per heavy atom. The van der Waals surface area contributed by atoms with Crippen LogP contribution in [0.3, 0.4) is 0 Å². The summed E-state index contributed by atoms with van der Waals surface area (Å²) in [5.41, 5.74) is 0.541. The molecule has 0 spiro atoms. The minimum absolute atomic E-state index is 0.0697. The topological polar surface area (TPSA) is 94.7 Å². The summed E-state index contributed by atoms with van der Waals surface area (Å²) in [6.07, 6.45) is 3.03. The molecule has 0 aliphatic heterocycles. The zero-order valence-corrected chi connectivity index (χ0v) is 10.7. The molecule has 0 radical (unpaired) electrons. The van der Waals surface area contributed by atoms with Crippen molar-refractivity contribution in [1.29, 1.82) is 0 Å². The van der Waals surface area contributed by atoms with E-state index in [1.165, 1.54) is 18.5 Å². The van der Waals surface area contributed by atoms with Crippen LogP contribution in [-0.2, 0) is 0 Å². The molecule has 3 rings (SSSR count). The van der Waals surface area contributed by atoms with Gasteiger partial charge >= 0.3 is 5.00 Å². The van der Waals surface area contributed by atoms with E-state index in [0.29, 0.717) is 22.2 Å². The van der Waals surface area contributed by atoms with E-state index in [2.05, 4.69) is 10.1 Å². The molecule has 0 fully saturated rings. The van der Waals surface area contributed by atoms with Gasteiger partial charge in [-0.05, 0) is 18.2 Å². The predicted octanol–water partition coefficient (Wildman–Crippen LogP) is 3.65. The molecule has 0 N–H and O–H groups in total. The van der Waals surface area contributed by atoms with Crippen molar-refractivity contribution in [2.75, 3.05) is 0 Å². The Bertz CT molecular complexity index is 757. The lowest BCUT2D eigenvalue weighted by atomic mass is 10.3. The van der Waals surface area contributed by atoms with Crippen molar-refractivity contribution in [2.45, 2.75) is 0 Å². The maximum Gasteiger partial charge on any atom is 0.324 e. The molecule has 7 nitrogen and oxygen atoms in total. The van der Waals surface area contributed by atoms with E-state index in [1.807, 2.05) is 0 Å². The van der Waals surface area contributed by atoms with Gasteiger partial charge in [0.15, 0.2) is 11.5 Å². The van der Waals surface area contributed by atoms with Gasteiger partial charge in [-0.25, -0.2) is 4.99 Å². The number of aromatic nitrogens is 1. The molecule has 0 saturated heterocycles. The van der Waals surface area contributed by atoms with Crippen molar-refractivity contribution in [2.24, 2.45) is 4.99 Å². The van der Waals surface area contributed by atoms with Crippen molar-refractivity contribution in [3.05, 3.63) is 51.6 Å². The molecule has 0 unspecified atom stereocenters. The van der Waals surface area contributed by atoms with Crippen LogP contribution in [0.5, 0.6) is 0 Å². The van der Waals surface area contributed by atoms with Crippen LogP contribution in [0.4, 0.5) is 10.9 Å². The van der Waals surface area contributed by atoms with Gasteiger partial charge in [0.25, 0.3) is 5.88 Å². The van der Waals surface area contributed by atoms with Crippen molar-refractivity contribution in [3.63, 3.8) is 0 Å². The molecular formula is C12H7N3O4S. The lowest BCUT2D eigenvalue weighted by Gasteiger charge is -1.83. The van der Waals surface area contributed by atoms with E-state index in [4.69, 9.17) is 8.94 Å². The fraction of sp³-hybridized carbons (Fsp3) is 0. The lowest BCUT2D eigenvalue weighted by molar-refractivity contribution is -0.380. The quantitative estimate of drug-likeness (QED) is 0.415. The summed E-state index contributed by atoms with van der Waals surface area (Å²) in [7, 11) is 0. The summed E-state index contributed by atoms with van der Waals surface area (Å²) < 4.78 is 10.2. The molecule has 0 aliphatic rings. The number of aliphatic imine (C=N–C) groups is 1. The Morgan fingerprint density at radius 2 is 2.30 bits per heavy atom. The van der Waals surface area contributed by atoms with Gasteiger partial charge in [0.1, 0.15) is 0 Å². The number of rotatable bonds is 4. The summed E-state index contributed by atoms with van der Waals surface area (Å²) in [6.45, 7) is 0. The van der Waals surface area contributed by atoms with Crippen LogP contribution in [0.2, 0.25) is 0 Å². The first-order valence-corrected chi connectivity index (χ1v) is 6.33. The average Bonchev–Trinajstić information content (AvgIpc) is 3.17. The SMILES string of the molecule is O=[N+]([O-])c1ccc(/C=N/c2cc(-c3ccco3)no2)s1. The number of hydrogen-bond acceptors (Lipinski definition) is 7. The van der Waals surface area contributed by atoms with E-state index in [-0.39, 0.29) is 5.00 Å². The van der Waals surface area contributed by atoms with Crippen LogP contribution in [0.1, 0.15) is 4.88 Å². The van der Waals surface area contributed by atoms with Crippen LogP contribution < -0.4 is 0 Å². The molecule has 8 heteroatoms. The average molecular weight is 289 g/mol.